The highest BCUT2D eigenvalue weighted by Gasteiger charge is 2.43. The number of nitrogens with zero attached hydrogens (tertiary/aromatic N) is 2. The van der Waals surface area contributed by atoms with Gasteiger partial charge in [-0.3, -0.25) is 9.59 Å². The predicted molar refractivity (Wildman–Crippen MR) is 115 cm³/mol. The number of benzene rings is 1. The van der Waals surface area contributed by atoms with E-state index in [4.69, 9.17) is 5.73 Å². The molecular weight excluding hydrogens is 397 g/mol. The number of halogens is 1. The lowest BCUT2D eigenvalue weighted by atomic mass is 9.95. The summed E-state index contributed by atoms with van der Waals surface area (Å²) in [4.78, 5) is 31.4. The van der Waals surface area contributed by atoms with Gasteiger partial charge in [0.25, 0.3) is 5.91 Å². The maximum atomic E-state index is 13.2. The van der Waals surface area contributed by atoms with Crippen LogP contribution in [0.15, 0.2) is 30.5 Å². The highest BCUT2D eigenvalue weighted by Crippen LogP contribution is 2.39. The van der Waals surface area contributed by atoms with Gasteiger partial charge >= 0.3 is 0 Å². The van der Waals surface area contributed by atoms with Gasteiger partial charge in [0.1, 0.15) is 11.6 Å². The van der Waals surface area contributed by atoms with Crippen LogP contribution >= 0.6 is 0 Å². The maximum Gasteiger partial charge on any atom is 0.252 e. The van der Waals surface area contributed by atoms with Crippen LogP contribution < -0.4 is 16.4 Å². The van der Waals surface area contributed by atoms with E-state index in [1.807, 2.05) is 4.90 Å². The van der Waals surface area contributed by atoms with E-state index in [2.05, 4.69) is 15.6 Å². The molecule has 4 heterocycles. The fourth-order valence-corrected chi connectivity index (χ4v) is 5.38. The number of rotatable bonds is 5. The number of pyridine rings is 1. The SMILES string of the molecule is NC(=O)c1cnc2c(c1NC1C[C@H]3CC[C@@H](C1)N3C(=O)Cc1ccc(F)cc1)CCN2. The minimum Gasteiger partial charge on any atom is -0.381 e. The molecule has 2 bridgehead atoms. The Labute approximate surface area is 180 Å². The fourth-order valence-electron chi connectivity index (χ4n) is 5.38. The van der Waals surface area contributed by atoms with Crippen molar-refractivity contribution in [1.82, 2.24) is 9.88 Å². The van der Waals surface area contributed by atoms with Crippen molar-refractivity contribution in [3.05, 3.63) is 53.0 Å². The summed E-state index contributed by atoms with van der Waals surface area (Å²) in [5.74, 6) is 0.127. The smallest absolute Gasteiger partial charge is 0.252 e. The van der Waals surface area contributed by atoms with E-state index >= 15 is 0 Å². The Morgan fingerprint density at radius 1 is 1.19 bits per heavy atom. The average Bonchev–Trinajstić information content (AvgIpc) is 3.32. The van der Waals surface area contributed by atoms with Gasteiger partial charge in [-0.15, -0.1) is 0 Å². The highest BCUT2D eigenvalue weighted by atomic mass is 19.1. The van der Waals surface area contributed by atoms with E-state index in [-0.39, 0.29) is 29.8 Å². The second-order valence-electron chi connectivity index (χ2n) is 8.72. The van der Waals surface area contributed by atoms with Crippen molar-refractivity contribution in [1.29, 1.82) is 0 Å². The molecule has 31 heavy (non-hydrogen) atoms. The summed E-state index contributed by atoms with van der Waals surface area (Å²) in [6, 6.07) is 6.65. The molecule has 162 valence electrons. The molecule has 5 rings (SSSR count). The number of carbonyl (C=O) groups excluding carboxylic acids is 2. The van der Waals surface area contributed by atoms with Crippen LogP contribution in [0.1, 0.15) is 47.2 Å². The maximum absolute atomic E-state index is 13.2. The Morgan fingerprint density at radius 3 is 2.58 bits per heavy atom. The van der Waals surface area contributed by atoms with Crippen LogP contribution in [-0.2, 0) is 17.6 Å². The molecule has 2 amide bonds. The molecule has 7 nitrogen and oxygen atoms in total. The zero-order chi connectivity index (χ0) is 21.5. The minimum atomic E-state index is -0.486. The third-order valence-corrected chi connectivity index (χ3v) is 6.75. The number of nitrogens with two attached hydrogens (primary N) is 1. The van der Waals surface area contributed by atoms with Crippen LogP contribution in [0.4, 0.5) is 15.9 Å². The van der Waals surface area contributed by atoms with Gasteiger partial charge in [0, 0.05) is 36.4 Å². The molecule has 8 heteroatoms. The molecule has 1 aromatic carbocycles. The lowest BCUT2D eigenvalue weighted by Crippen LogP contribution is -2.50. The lowest BCUT2D eigenvalue weighted by molar-refractivity contribution is -0.134. The summed E-state index contributed by atoms with van der Waals surface area (Å²) in [5.41, 5.74) is 8.66. The number of aromatic nitrogens is 1. The van der Waals surface area contributed by atoms with Crippen LogP contribution in [0, 0.1) is 5.82 Å². The number of anilines is 2. The molecule has 3 aliphatic rings. The molecular formula is C23H26FN5O2. The van der Waals surface area contributed by atoms with E-state index in [0.29, 0.717) is 12.0 Å². The van der Waals surface area contributed by atoms with E-state index < -0.39 is 5.91 Å². The lowest BCUT2D eigenvalue weighted by Gasteiger charge is -2.40. The summed E-state index contributed by atoms with van der Waals surface area (Å²) >= 11 is 0. The fraction of sp³-hybridized carbons (Fsp3) is 0.435. The third kappa shape index (κ3) is 3.71. The Bertz CT molecular complexity index is 1010. The van der Waals surface area contributed by atoms with Crippen LogP contribution in [-0.4, -0.2) is 46.4 Å². The summed E-state index contributed by atoms with van der Waals surface area (Å²) in [6.45, 7) is 0.792. The largest absolute Gasteiger partial charge is 0.381 e. The molecule has 0 aliphatic carbocycles. The number of amides is 2. The first-order valence-electron chi connectivity index (χ1n) is 10.9. The summed E-state index contributed by atoms with van der Waals surface area (Å²) in [6.07, 6.45) is 6.25. The first kappa shape index (κ1) is 19.8. The van der Waals surface area contributed by atoms with Crippen LogP contribution in [0.5, 0.6) is 0 Å². The third-order valence-electron chi connectivity index (χ3n) is 6.75. The van der Waals surface area contributed by atoms with Gasteiger partial charge in [-0.05, 0) is 49.8 Å². The summed E-state index contributed by atoms with van der Waals surface area (Å²) in [5, 5.41) is 6.83. The highest BCUT2D eigenvalue weighted by molar-refractivity contribution is 6.00. The van der Waals surface area contributed by atoms with Gasteiger partial charge in [0.2, 0.25) is 5.91 Å². The Balaban J connectivity index is 1.31. The Hall–Kier alpha value is -3.16. The van der Waals surface area contributed by atoms with Gasteiger partial charge in [-0.1, -0.05) is 12.1 Å². The van der Waals surface area contributed by atoms with Crippen molar-refractivity contribution in [3.63, 3.8) is 0 Å². The molecule has 1 unspecified atom stereocenters. The second-order valence-corrected chi connectivity index (χ2v) is 8.72. The number of primary amides is 1. The first-order valence-corrected chi connectivity index (χ1v) is 10.9. The van der Waals surface area contributed by atoms with Crippen molar-refractivity contribution in [2.24, 2.45) is 5.73 Å². The molecule has 4 N–H and O–H groups in total. The van der Waals surface area contributed by atoms with Crippen molar-refractivity contribution < 1.29 is 14.0 Å². The molecule has 3 atom stereocenters. The number of piperidine rings is 1. The standard InChI is InChI=1S/C23H26FN5O2/c24-14-3-1-13(2-4-14)9-20(30)29-16-5-6-17(29)11-15(10-16)28-21-18-7-8-26-23(18)27-12-19(21)22(25)31/h1-4,12,15-17H,5-11H2,(H2,25,31)(H2,26,27,28)/t15?,16-,17+. The van der Waals surface area contributed by atoms with Gasteiger partial charge < -0.3 is 21.3 Å². The molecule has 0 spiro atoms. The number of nitrogens with one attached hydrogen (secondary N) is 2. The molecule has 0 radical (unpaired) electrons. The molecule has 2 saturated heterocycles. The topological polar surface area (TPSA) is 100 Å². The van der Waals surface area contributed by atoms with E-state index in [0.717, 1.165) is 61.3 Å². The Kier molecular flexibility index (Phi) is 5.00. The van der Waals surface area contributed by atoms with E-state index in [1.165, 1.54) is 18.3 Å². The predicted octanol–water partition coefficient (Wildman–Crippen LogP) is 2.46. The van der Waals surface area contributed by atoms with Crippen LogP contribution in [0.25, 0.3) is 0 Å². The quantitative estimate of drug-likeness (QED) is 0.686. The zero-order valence-electron chi connectivity index (χ0n) is 17.2. The minimum absolute atomic E-state index is 0.101. The van der Waals surface area contributed by atoms with Crippen molar-refractivity contribution in [2.75, 3.05) is 17.2 Å². The van der Waals surface area contributed by atoms with Crippen LogP contribution in [0.3, 0.4) is 0 Å². The van der Waals surface area contributed by atoms with Crippen LogP contribution in [0.2, 0.25) is 0 Å². The van der Waals surface area contributed by atoms with Gasteiger partial charge in [0.15, 0.2) is 0 Å². The number of carbonyl (C=O) groups is 2. The van der Waals surface area contributed by atoms with Gasteiger partial charge in [-0.2, -0.15) is 0 Å². The molecule has 2 aromatic rings. The number of fused-ring (bicyclic) bond motifs is 3. The number of hydrogen-bond donors (Lipinski definition) is 3. The summed E-state index contributed by atoms with van der Waals surface area (Å²) in [7, 11) is 0. The molecule has 3 aliphatic heterocycles. The number of hydrogen-bond acceptors (Lipinski definition) is 5. The van der Waals surface area contributed by atoms with Crippen molar-refractivity contribution >= 4 is 23.3 Å². The molecule has 1 aromatic heterocycles. The van der Waals surface area contributed by atoms with E-state index in [1.54, 1.807) is 12.1 Å². The normalized spacial score (nSPS) is 23.9. The van der Waals surface area contributed by atoms with Gasteiger partial charge in [0.05, 0.1) is 17.7 Å². The van der Waals surface area contributed by atoms with Crippen molar-refractivity contribution in [2.45, 2.75) is 56.7 Å². The van der Waals surface area contributed by atoms with E-state index in [9.17, 15) is 14.0 Å². The monoisotopic (exact) mass is 423 g/mol. The van der Waals surface area contributed by atoms with Gasteiger partial charge in [-0.25, -0.2) is 9.37 Å². The average molecular weight is 423 g/mol. The molecule has 2 fully saturated rings. The second kappa shape index (κ2) is 7.83. The van der Waals surface area contributed by atoms with Crippen molar-refractivity contribution in [3.8, 4) is 0 Å². The Morgan fingerprint density at radius 2 is 1.90 bits per heavy atom. The summed E-state index contributed by atoms with van der Waals surface area (Å²) < 4.78 is 13.2. The molecule has 0 saturated carbocycles. The zero-order valence-corrected chi connectivity index (χ0v) is 17.2. The first-order chi connectivity index (χ1) is 15.0.